The monoisotopic (exact) mass is 705 g/mol. The third-order valence-electron chi connectivity index (χ3n) is 5.05. The number of hydrogen-bond donors (Lipinski definition) is 0. The van der Waals surface area contributed by atoms with Crippen molar-refractivity contribution in [1.29, 1.82) is 0 Å². The molecule has 0 saturated heterocycles. The van der Waals surface area contributed by atoms with Gasteiger partial charge >= 0.3 is 30.2 Å². The highest BCUT2D eigenvalue weighted by Crippen LogP contribution is 2.53. The molecule has 17 heteroatoms. The molecule has 0 N–H and O–H groups in total. The molecule has 0 saturated carbocycles. The maximum atomic E-state index is 14.7. The first-order valence-corrected chi connectivity index (χ1v) is 13.6. The molecule has 2 rings (SSSR count). The molecule has 0 heterocycles. The predicted octanol–water partition coefficient (Wildman–Crippen LogP) is 7.81. The van der Waals surface area contributed by atoms with Gasteiger partial charge in [-0.2, -0.15) is 39.5 Å². The average Bonchev–Trinajstić information content (AvgIpc) is 2.81. The van der Waals surface area contributed by atoms with Crippen LogP contribution in [0.15, 0.2) is 41.3 Å². The van der Waals surface area contributed by atoms with E-state index in [1.165, 1.54) is 28.1 Å². The molecule has 0 fully saturated rings. The summed E-state index contributed by atoms with van der Waals surface area (Å²) in [6.07, 6.45) is -17.9. The Bertz CT molecular complexity index is 1260. The molecular weight excluding hydrogens is 691 g/mol. The normalized spacial score (nSPS) is 12.7. The summed E-state index contributed by atoms with van der Waals surface area (Å²) in [5.74, 6) is -4.23. The van der Waals surface area contributed by atoms with Gasteiger partial charge < -0.3 is 4.74 Å². The van der Waals surface area contributed by atoms with E-state index in [9.17, 15) is 58.3 Å². The third-order valence-corrected chi connectivity index (χ3v) is 6.98. The van der Waals surface area contributed by atoms with Gasteiger partial charge in [-0.15, -0.1) is 0 Å². The van der Waals surface area contributed by atoms with Crippen molar-refractivity contribution >= 4 is 53.6 Å². The van der Waals surface area contributed by atoms with Crippen LogP contribution in [-0.4, -0.2) is 36.7 Å². The van der Waals surface area contributed by atoms with Gasteiger partial charge in [-0.1, -0.05) is 15.0 Å². The molecule has 2 aromatic carbocycles. The van der Waals surface area contributed by atoms with Crippen LogP contribution in [-0.2, 0) is 21.4 Å². The van der Waals surface area contributed by atoms with Gasteiger partial charge in [0, 0.05) is 38.6 Å². The summed E-state index contributed by atoms with van der Waals surface area (Å²) in [5.41, 5.74) is -11.9. The molecule has 5 nitrogen and oxygen atoms in total. The number of ether oxygens (including phenoxy) is 1. The van der Waals surface area contributed by atoms with Gasteiger partial charge in [0.15, 0.2) is 0 Å². The fourth-order valence-corrected chi connectivity index (χ4v) is 4.79. The van der Waals surface area contributed by atoms with Crippen LogP contribution in [0.1, 0.15) is 45.7 Å². The van der Waals surface area contributed by atoms with Crippen molar-refractivity contribution < 1.29 is 63.0 Å². The third kappa shape index (κ3) is 6.44. The zero-order chi connectivity index (χ0) is 30.1. The minimum absolute atomic E-state index is 0.0248. The molecule has 0 spiro atoms. The van der Waals surface area contributed by atoms with Gasteiger partial charge in [0.2, 0.25) is 5.91 Å². The summed E-state index contributed by atoms with van der Waals surface area (Å²) >= 11 is 1.53. The number of alkyl halides is 10. The van der Waals surface area contributed by atoms with Crippen molar-refractivity contribution in [2.45, 2.75) is 42.9 Å². The number of esters is 1. The van der Waals surface area contributed by atoms with E-state index in [-0.39, 0.29) is 21.9 Å². The van der Waals surface area contributed by atoms with E-state index in [0.717, 1.165) is 6.92 Å². The van der Waals surface area contributed by atoms with Crippen LogP contribution in [0.5, 0.6) is 0 Å². The number of rotatable bonds is 6. The lowest BCUT2D eigenvalue weighted by atomic mass is 9.91. The smallest absolute Gasteiger partial charge is 0.435 e. The molecular formula is C22H14F10INO4S. The van der Waals surface area contributed by atoms with Gasteiger partial charge in [-0.05, 0) is 37.3 Å². The molecule has 2 aromatic rings. The molecule has 0 aromatic heterocycles. The number of imide groups is 1. The Morgan fingerprint density at radius 1 is 0.846 bits per heavy atom. The molecule has 0 bridgehead atoms. The number of carbonyl (C=O) groups excluding carboxylic acids is 3. The van der Waals surface area contributed by atoms with Gasteiger partial charge in [0.25, 0.3) is 5.91 Å². The second-order valence-electron chi connectivity index (χ2n) is 7.55. The quantitative estimate of drug-likeness (QED) is 0.175. The number of hydrogen-bond acceptors (Lipinski definition) is 5. The van der Waals surface area contributed by atoms with Gasteiger partial charge in [0.1, 0.15) is 0 Å². The Kier molecular flexibility index (Phi) is 9.63. The number of halogens is 11. The first-order valence-electron chi connectivity index (χ1n) is 10.2. The SMILES string of the molecule is CCOC(=O)c1cc(C(F)(C(F)(F)F)C(F)(F)F)ccc1N(C(C)=O)C(=O)c1ccc(C(F)(F)F)cc1SI. The molecule has 0 unspecified atom stereocenters. The van der Waals surface area contributed by atoms with Crippen molar-refractivity contribution in [3.05, 3.63) is 58.7 Å². The predicted molar refractivity (Wildman–Crippen MR) is 126 cm³/mol. The maximum absolute atomic E-state index is 14.7. The van der Waals surface area contributed by atoms with Gasteiger partial charge in [0.05, 0.1) is 29.0 Å². The zero-order valence-electron chi connectivity index (χ0n) is 19.3. The first-order chi connectivity index (χ1) is 17.7. The molecule has 0 aliphatic carbocycles. The first kappa shape index (κ1) is 32.6. The maximum Gasteiger partial charge on any atom is 0.435 e. The molecule has 0 aliphatic heterocycles. The van der Waals surface area contributed by atoms with E-state index in [1.54, 1.807) is 0 Å². The van der Waals surface area contributed by atoms with Crippen LogP contribution in [0.2, 0.25) is 0 Å². The van der Waals surface area contributed by atoms with Crippen molar-refractivity contribution in [2.24, 2.45) is 0 Å². The Hall–Kier alpha value is -2.57. The molecule has 2 amide bonds. The lowest BCUT2D eigenvalue weighted by Crippen LogP contribution is -2.50. The largest absolute Gasteiger partial charge is 0.462 e. The summed E-state index contributed by atoms with van der Waals surface area (Å²) in [6, 6.07) is 1.89. The van der Waals surface area contributed by atoms with Crippen LogP contribution >= 0.6 is 30.1 Å². The van der Waals surface area contributed by atoms with Crippen LogP contribution < -0.4 is 4.90 Å². The summed E-state index contributed by atoms with van der Waals surface area (Å²) in [6.45, 7) is 1.48. The van der Waals surface area contributed by atoms with Gasteiger partial charge in [-0.3, -0.25) is 9.59 Å². The molecule has 0 aliphatic rings. The average molecular weight is 705 g/mol. The second-order valence-corrected chi connectivity index (χ2v) is 9.47. The highest BCUT2D eigenvalue weighted by atomic mass is 127. The minimum Gasteiger partial charge on any atom is -0.462 e. The Morgan fingerprint density at radius 2 is 1.38 bits per heavy atom. The van der Waals surface area contributed by atoms with Crippen molar-refractivity contribution in [3.8, 4) is 0 Å². The standard InChI is InChI=1S/C22H14F10INO4S/c1-3-38-18(37)14-8-11(19(23,21(27,28)29)22(30,31)32)5-7-15(14)34(10(2)35)17(36)13-6-4-12(20(24,25)26)9-16(13)39-33/h4-9H,3H2,1-2H3. The number of amides is 2. The van der Waals surface area contributed by atoms with Crippen LogP contribution in [0, 0.1) is 0 Å². The van der Waals surface area contributed by atoms with Crippen molar-refractivity contribution in [1.82, 2.24) is 0 Å². The van der Waals surface area contributed by atoms with E-state index >= 15 is 0 Å². The van der Waals surface area contributed by atoms with Crippen LogP contribution in [0.25, 0.3) is 0 Å². The van der Waals surface area contributed by atoms with E-state index in [1.807, 2.05) is 0 Å². The van der Waals surface area contributed by atoms with Gasteiger partial charge in [-0.25, -0.2) is 14.1 Å². The van der Waals surface area contributed by atoms with Crippen LogP contribution in [0.4, 0.5) is 49.6 Å². The molecule has 39 heavy (non-hydrogen) atoms. The minimum atomic E-state index is -6.54. The second kappa shape index (κ2) is 11.5. The molecule has 0 radical (unpaired) electrons. The molecule has 214 valence electrons. The number of benzene rings is 2. The summed E-state index contributed by atoms with van der Waals surface area (Å²) < 4.78 is 138. The highest BCUT2D eigenvalue weighted by molar-refractivity contribution is 14.2. The van der Waals surface area contributed by atoms with E-state index in [0.29, 0.717) is 33.2 Å². The van der Waals surface area contributed by atoms with Crippen molar-refractivity contribution in [3.63, 3.8) is 0 Å². The number of carbonyl (C=O) groups is 3. The van der Waals surface area contributed by atoms with Crippen molar-refractivity contribution in [2.75, 3.05) is 11.5 Å². The summed E-state index contributed by atoms with van der Waals surface area (Å²) in [4.78, 5) is 38.1. The number of nitrogens with zero attached hydrogens (tertiary/aromatic N) is 1. The highest BCUT2D eigenvalue weighted by Gasteiger charge is 2.73. The van der Waals surface area contributed by atoms with E-state index in [4.69, 9.17) is 0 Å². The van der Waals surface area contributed by atoms with E-state index in [2.05, 4.69) is 4.74 Å². The Labute approximate surface area is 229 Å². The number of anilines is 1. The topological polar surface area (TPSA) is 63.7 Å². The Balaban J connectivity index is 2.84. The lowest BCUT2D eigenvalue weighted by Gasteiger charge is -2.31. The zero-order valence-corrected chi connectivity index (χ0v) is 22.3. The fraction of sp³-hybridized carbons (Fsp3) is 0.318. The summed E-state index contributed by atoms with van der Waals surface area (Å²) in [5, 5.41) is 0. The fourth-order valence-electron chi connectivity index (χ4n) is 3.29. The molecule has 0 atom stereocenters. The Morgan fingerprint density at radius 3 is 1.82 bits per heavy atom. The van der Waals surface area contributed by atoms with Crippen LogP contribution in [0.3, 0.4) is 0 Å². The van der Waals surface area contributed by atoms with E-state index < -0.39 is 76.5 Å². The lowest BCUT2D eigenvalue weighted by molar-refractivity contribution is -0.348. The summed E-state index contributed by atoms with van der Waals surface area (Å²) in [7, 11) is 0.628.